The van der Waals surface area contributed by atoms with Crippen LogP contribution in [-0.4, -0.2) is 26.4 Å². The Morgan fingerprint density at radius 3 is 2.79 bits per heavy atom. The van der Waals surface area contributed by atoms with Crippen LogP contribution in [0.15, 0.2) is 12.1 Å². The fraction of sp³-hybridized carbons (Fsp3) is 0.500. The Kier molecular flexibility index (Phi) is 3.19. The number of nitrogens with one attached hydrogen (secondary N) is 1. The number of alkyl carbamates (subject to hydrolysis) is 1. The van der Waals surface area contributed by atoms with Gasteiger partial charge in [0.1, 0.15) is 13.2 Å². The maximum absolute atomic E-state index is 11.4. The minimum atomic E-state index is -0.396. The van der Waals surface area contributed by atoms with Gasteiger partial charge in [-0.1, -0.05) is 0 Å². The van der Waals surface area contributed by atoms with Crippen LogP contribution in [0.1, 0.15) is 30.0 Å². The number of carbonyl (C=O) groups excluding carboxylic acids is 1. The van der Waals surface area contributed by atoms with E-state index < -0.39 is 6.09 Å². The van der Waals surface area contributed by atoms with E-state index in [1.165, 1.54) is 12.7 Å². The van der Waals surface area contributed by atoms with Gasteiger partial charge in [0, 0.05) is 0 Å². The van der Waals surface area contributed by atoms with Crippen LogP contribution in [0.2, 0.25) is 0 Å². The number of ether oxygens (including phenoxy) is 3. The number of methoxy groups -OCH3 is 1. The van der Waals surface area contributed by atoms with Gasteiger partial charge in [0.15, 0.2) is 11.5 Å². The zero-order valence-corrected chi connectivity index (χ0v) is 10.9. The number of carbonyl (C=O) groups is 1. The normalized spacial score (nSPS) is 20.4. The van der Waals surface area contributed by atoms with Crippen molar-refractivity contribution in [3.05, 3.63) is 23.3 Å². The Hall–Kier alpha value is -1.91. The molecular weight excluding hydrogens is 246 g/mol. The summed E-state index contributed by atoms with van der Waals surface area (Å²) in [5.74, 6) is 1.58. The predicted molar refractivity (Wildman–Crippen MR) is 68.7 cm³/mol. The van der Waals surface area contributed by atoms with Crippen LogP contribution >= 0.6 is 0 Å². The first-order valence-corrected chi connectivity index (χ1v) is 6.55. The maximum Gasteiger partial charge on any atom is 0.407 e. The molecule has 1 unspecified atom stereocenters. The van der Waals surface area contributed by atoms with Crippen LogP contribution in [-0.2, 0) is 11.2 Å². The van der Waals surface area contributed by atoms with E-state index in [2.05, 4.69) is 10.1 Å². The van der Waals surface area contributed by atoms with Crippen molar-refractivity contribution >= 4 is 6.09 Å². The molecule has 5 nitrogen and oxygen atoms in total. The second-order valence-corrected chi connectivity index (χ2v) is 4.78. The third-order valence-corrected chi connectivity index (χ3v) is 3.60. The van der Waals surface area contributed by atoms with Crippen molar-refractivity contribution in [3.8, 4) is 11.5 Å². The van der Waals surface area contributed by atoms with Crippen LogP contribution in [0.25, 0.3) is 0 Å². The highest BCUT2D eigenvalue weighted by Gasteiger charge is 2.25. The molecule has 1 N–H and O–H groups in total. The Bertz CT molecular complexity index is 500. The highest BCUT2D eigenvalue weighted by atomic mass is 16.6. The molecule has 3 rings (SSSR count). The molecule has 1 heterocycles. The molecule has 1 amide bonds. The van der Waals surface area contributed by atoms with E-state index in [9.17, 15) is 4.79 Å². The van der Waals surface area contributed by atoms with E-state index in [-0.39, 0.29) is 6.04 Å². The molecule has 0 spiro atoms. The van der Waals surface area contributed by atoms with Crippen molar-refractivity contribution in [2.75, 3.05) is 20.3 Å². The summed E-state index contributed by atoms with van der Waals surface area (Å²) in [6.45, 7) is 1.16. The first kappa shape index (κ1) is 12.1. The fourth-order valence-corrected chi connectivity index (χ4v) is 2.69. The molecule has 1 aliphatic carbocycles. The number of aryl methyl sites for hydroxylation is 1. The summed E-state index contributed by atoms with van der Waals surface area (Å²) >= 11 is 0. The van der Waals surface area contributed by atoms with Crippen LogP contribution < -0.4 is 14.8 Å². The monoisotopic (exact) mass is 263 g/mol. The van der Waals surface area contributed by atoms with Gasteiger partial charge < -0.3 is 19.5 Å². The van der Waals surface area contributed by atoms with E-state index in [1.807, 2.05) is 12.1 Å². The van der Waals surface area contributed by atoms with Crippen LogP contribution in [0.4, 0.5) is 4.79 Å². The summed E-state index contributed by atoms with van der Waals surface area (Å²) in [6.07, 6.45) is 2.57. The Balaban J connectivity index is 1.92. The van der Waals surface area contributed by atoms with Crippen LogP contribution in [0, 0.1) is 0 Å². The quantitative estimate of drug-likeness (QED) is 0.843. The molecular formula is C14H17NO4. The predicted octanol–water partition coefficient (Wildman–Crippen LogP) is 2.19. The Morgan fingerprint density at radius 2 is 2.05 bits per heavy atom. The van der Waals surface area contributed by atoms with Crippen molar-refractivity contribution < 1.29 is 19.0 Å². The molecule has 5 heteroatoms. The van der Waals surface area contributed by atoms with Gasteiger partial charge in [-0.2, -0.15) is 0 Å². The molecule has 0 aromatic heterocycles. The van der Waals surface area contributed by atoms with Crippen molar-refractivity contribution in [2.45, 2.75) is 25.3 Å². The molecule has 1 atom stereocenters. The highest BCUT2D eigenvalue weighted by Crippen LogP contribution is 2.39. The number of hydrogen-bond donors (Lipinski definition) is 1. The zero-order valence-electron chi connectivity index (χ0n) is 10.9. The number of amides is 1. The third-order valence-electron chi connectivity index (χ3n) is 3.60. The average molecular weight is 263 g/mol. The van der Waals surface area contributed by atoms with Gasteiger partial charge in [0.05, 0.1) is 13.2 Å². The third kappa shape index (κ3) is 2.32. The minimum Gasteiger partial charge on any atom is -0.486 e. The number of fused-ring (bicyclic) bond motifs is 2. The summed E-state index contributed by atoms with van der Waals surface area (Å²) in [5, 5.41) is 2.87. The van der Waals surface area contributed by atoms with Crippen molar-refractivity contribution in [1.82, 2.24) is 5.32 Å². The van der Waals surface area contributed by atoms with Gasteiger partial charge in [-0.3, -0.25) is 0 Å². The molecule has 0 radical (unpaired) electrons. The van der Waals surface area contributed by atoms with E-state index in [4.69, 9.17) is 9.47 Å². The lowest BCUT2D eigenvalue weighted by Gasteiger charge is -2.28. The molecule has 19 heavy (non-hydrogen) atoms. The van der Waals surface area contributed by atoms with Crippen molar-refractivity contribution in [1.29, 1.82) is 0 Å². The molecule has 0 fully saturated rings. The molecule has 1 aromatic rings. The SMILES string of the molecule is COC(=O)NC1CCCc2cc3c(cc21)OCCO3. The highest BCUT2D eigenvalue weighted by molar-refractivity contribution is 5.68. The summed E-state index contributed by atoms with van der Waals surface area (Å²) in [4.78, 5) is 11.4. The van der Waals surface area contributed by atoms with E-state index >= 15 is 0 Å². The van der Waals surface area contributed by atoms with Gasteiger partial charge >= 0.3 is 6.09 Å². The topological polar surface area (TPSA) is 56.8 Å². The van der Waals surface area contributed by atoms with E-state index in [0.717, 1.165) is 36.3 Å². The summed E-state index contributed by atoms with van der Waals surface area (Å²) < 4.78 is 15.9. The second kappa shape index (κ2) is 4.99. The lowest BCUT2D eigenvalue weighted by Crippen LogP contribution is -2.31. The van der Waals surface area contributed by atoms with Crippen molar-refractivity contribution in [3.63, 3.8) is 0 Å². The molecule has 1 aliphatic heterocycles. The second-order valence-electron chi connectivity index (χ2n) is 4.78. The minimum absolute atomic E-state index is 0.00738. The van der Waals surface area contributed by atoms with Gasteiger partial charge in [0.25, 0.3) is 0 Å². The molecule has 1 aromatic carbocycles. The largest absolute Gasteiger partial charge is 0.486 e. The van der Waals surface area contributed by atoms with Crippen LogP contribution in [0.5, 0.6) is 11.5 Å². The van der Waals surface area contributed by atoms with E-state index in [0.29, 0.717) is 13.2 Å². The van der Waals surface area contributed by atoms with Crippen molar-refractivity contribution in [2.24, 2.45) is 0 Å². The molecule has 2 aliphatic rings. The van der Waals surface area contributed by atoms with Gasteiger partial charge in [-0.05, 0) is 42.5 Å². The lowest BCUT2D eigenvalue weighted by atomic mass is 9.87. The first-order chi connectivity index (χ1) is 9.28. The molecule has 0 bridgehead atoms. The number of rotatable bonds is 1. The average Bonchev–Trinajstić information content (AvgIpc) is 2.45. The van der Waals surface area contributed by atoms with Gasteiger partial charge in [-0.25, -0.2) is 4.79 Å². The summed E-state index contributed by atoms with van der Waals surface area (Å²) in [7, 11) is 1.38. The number of benzene rings is 1. The molecule has 0 saturated carbocycles. The molecule has 0 saturated heterocycles. The Labute approximate surface area is 111 Å². The first-order valence-electron chi connectivity index (χ1n) is 6.55. The molecule has 102 valence electrons. The zero-order chi connectivity index (χ0) is 13.2. The van der Waals surface area contributed by atoms with E-state index in [1.54, 1.807) is 0 Å². The maximum atomic E-state index is 11.4. The van der Waals surface area contributed by atoms with Gasteiger partial charge in [-0.15, -0.1) is 0 Å². The lowest BCUT2D eigenvalue weighted by molar-refractivity contribution is 0.164. The number of hydrogen-bond acceptors (Lipinski definition) is 4. The standard InChI is InChI=1S/C14H17NO4/c1-17-14(16)15-11-4-2-3-9-7-12-13(8-10(9)11)19-6-5-18-12/h7-8,11H,2-6H2,1H3,(H,15,16). The Morgan fingerprint density at radius 1 is 1.32 bits per heavy atom. The smallest absolute Gasteiger partial charge is 0.407 e. The van der Waals surface area contributed by atoms with Gasteiger partial charge in [0.2, 0.25) is 0 Å². The summed E-state index contributed by atoms with van der Waals surface area (Å²) in [5.41, 5.74) is 2.33. The van der Waals surface area contributed by atoms with Crippen LogP contribution in [0.3, 0.4) is 0 Å². The fourth-order valence-electron chi connectivity index (χ4n) is 2.69. The summed E-state index contributed by atoms with van der Waals surface area (Å²) in [6, 6.07) is 4.02.